The number of carbonyl (C=O) groups is 2. The molecule has 2 aromatic rings. The minimum Gasteiger partial charge on any atom is -0.445 e. The zero-order chi connectivity index (χ0) is 19.0. The number of nitrogens with one attached hydrogen (secondary N) is 2. The normalized spacial score (nSPS) is 12.1. The average Bonchev–Trinajstić information content (AvgIpc) is 2.60. The zero-order valence-corrected chi connectivity index (χ0v) is 15.5. The van der Waals surface area contributed by atoms with Crippen molar-refractivity contribution in [2.45, 2.75) is 45.4 Å². The molecule has 5 nitrogen and oxygen atoms in total. The standard InChI is InChI=1S/C21H26N2O3/c1-21(2,3)23-19(24)18(14-16-10-6-4-7-11-16)22-20(25)26-15-17-12-8-5-9-13-17/h4-13,18H,14-15H2,1-3H3,(H,22,25)(H,23,24)/t18-/m1/s1. The van der Waals surface area contributed by atoms with Gasteiger partial charge in [-0.3, -0.25) is 4.79 Å². The van der Waals surface area contributed by atoms with Gasteiger partial charge in [-0.1, -0.05) is 60.7 Å². The Labute approximate surface area is 154 Å². The maximum Gasteiger partial charge on any atom is 0.408 e. The Morgan fingerprint density at radius 1 is 0.923 bits per heavy atom. The van der Waals surface area contributed by atoms with E-state index in [9.17, 15) is 9.59 Å². The van der Waals surface area contributed by atoms with Gasteiger partial charge in [0.05, 0.1) is 0 Å². The smallest absolute Gasteiger partial charge is 0.408 e. The van der Waals surface area contributed by atoms with E-state index in [1.54, 1.807) is 0 Å². The summed E-state index contributed by atoms with van der Waals surface area (Å²) in [4.78, 5) is 24.8. The largest absolute Gasteiger partial charge is 0.445 e. The lowest BCUT2D eigenvalue weighted by atomic mass is 10.0. The van der Waals surface area contributed by atoms with E-state index >= 15 is 0 Å². The fraction of sp³-hybridized carbons (Fsp3) is 0.333. The molecule has 0 aliphatic rings. The lowest BCUT2D eigenvalue weighted by molar-refractivity contribution is -0.124. The molecule has 0 aliphatic carbocycles. The monoisotopic (exact) mass is 354 g/mol. The van der Waals surface area contributed by atoms with Crippen molar-refractivity contribution in [3.8, 4) is 0 Å². The molecule has 0 bridgehead atoms. The number of benzene rings is 2. The molecule has 5 heteroatoms. The van der Waals surface area contributed by atoms with Crippen molar-refractivity contribution >= 4 is 12.0 Å². The van der Waals surface area contributed by atoms with Crippen LogP contribution in [0.4, 0.5) is 4.79 Å². The Morgan fingerprint density at radius 2 is 1.46 bits per heavy atom. The first-order valence-corrected chi connectivity index (χ1v) is 8.67. The first-order valence-electron chi connectivity index (χ1n) is 8.67. The molecule has 0 radical (unpaired) electrons. The van der Waals surface area contributed by atoms with Crippen LogP contribution in [0.1, 0.15) is 31.9 Å². The van der Waals surface area contributed by atoms with Crippen LogP contribution in [0.5, 0.6) is 0 Å². The minimum absolute atomic E-state index is 0.158. The molecule has 138 valence electrons. The first kappa shape index (κ1) is 19.5. The molecule has 0 saturated carbocycles. The van der Waals surface area contributed by atoms with Gasteiger partial charge in [0.25, 0.3) is 0 Å². The third-order valence-electron chi connectivity index (χ3n) is 3.60. The van der Waals surface area contributed by atoms with E-state index in [2.05, 4.69) is 10.6 Å². The first-order chi connectivity index (χ1) is 12.3. The summed E-state index contributed by atoms with van der Waals surface area (Å²) < 4.78 is 5.25. The van der Waals surface area contributed by atoms with Crippen LogP contribution in [-0.4, -0.2) is 23.6 Å². The number of carbonyl (C=O) groups excluding carboxylic acids is 2. The molecule has 0 spiro atoms. The van der Waals surface area contributed by atoms with Crippen molar-refractivity contribution in [3.05, 3.63) is 71.8 Å². The second kappa shape index (κ2) is 9.04. The summed E-state index contributed by atoms with van der Waals surface area (Å²) in [6.07, 6.45) is -0.220. The van der Waals surface area contributed by atoms with E-state index in [-0.39, 0.29) is 18.1 Å². The van der Waals surface area contributed by atoms with Crippen molar-refractivity contribution in [2.24, 2.45) is 0 Å². The van der Waals surface area contributed by atoms with Crippen LogP contribution in [0, 0.1) is 0 Å². The topological polar surface area (TPSA) is 67.4 Å². The molecule has 1 atom stereocenters. The number of hydrogen-bond acceptors (Lipinski definition) is 3. The Morgan fingerprint density at radius 3 is 2.00 bits per heavy atom. The van der Waals surface area contributed by atoms with Crippen molar-refractivity contribution in [2.75, 3.05) is 0 Å². The summed E-state index contributed by atoms with van der Waals surface area (Å²) in [5.41, 5.74) is 1.47. The van der Waals surface area contributed by atoms with E-state index in [0.29, 0.717) is 6.42 Å². The second-order valence-electron chi connectivity index (χ2n) is 7.19. The number of hydrogen-bond donors (Lipinski definition) is 2. The SMILES string of the molecule is CC(C)(C)NC(=O)[C@@H](Cc1ccccc1)NC(=O)OCc1ccccc1. The van der Waals surface area contributed by atoms with E-state index < -0.39 is 12.1 Å². The van der Waals surface area contributed by atoms with Gasteiger partial charge >= 0.3 is 6.09 Å². The Kier molecular flexibility index (Phi) is 6.78. The van der Waals surface area contributed by atoms with Crippen molar-refractivity contribution in [3.63, 3.8) is 0 Å². The zero-order valence-electron chi connectivity index (χ0n) is 15.5. The molecule has 0 aromatic heterocycles. The van der Waals surface area contributed by atoms with Crippen LogP contribution >= 0.6 is 0 Å². The lowest BCUT2D eigenvalue weighted by Gasteiger charge is -2.25. The van der Waals surface area contributed by atoms with Gasteiger partial charge in [-0.05, 0) is 31.9 Å². The van der Waals surface area contributed by atoms with E-state index in [1.165, 1.54) is 0 Å². The molecule has 0 heterocycles. The highest BCUT2D eigenvalue weighted by Gasteiger charge is 2.25. The van der Waals surface area contributed by atoms with Gasteiger partial charge in [-0.15, -0.1) is 0 Å². The van der Waals surface area contributed by atoms with Gasteiger partial charge in [-0.2, -0.15) is 0 Å². The quantitative estimate of drug-likeness (QED) is 0.835. The Balaban J connectivity index is 2.00. The van der Waals surface area contributed by atoms with Crippen LogP contribution in [0.25, 0.3) is 0 Å². The van der Waals surface area contributed by atoms with Crippen LogP contribution in [0.3, 0.4) is 0 Å². The third-order valence-corrected chi connectivity index (χ3v) is 3.60. The summed E-state index contributed by atoms with van der Waals surface area (Å²) in [7, 11) is 0. The van der Waals surface area contributed by atoms with E-state index in [1.807, 2.05) is 81.4 Å². The van der Waals surface area contributed by atoms with Gasteiger partial charge in [0.1, 0.15) is 12.6 Å². The van der Waals surface area contributed by atoms with Crippen LogP contribution in [0.15, 0.2) is 60.7 Å². The number of rotatable bonds is 6. The maximum atomic E-state index is 12.6. The van der Waals surface area contributed by atoms with Gasteiger partial charge < -0.3 is 15.4 Å². The van der Waals surface area contributed by atoms with Gasteiger partial charge in [0.2, 0.25) is 5.91 Å². The number of ether oxygens (including phenoxy) is 1. The highest BCUT2D eigenvalue weighted by Crippen LogP contribution is 2.07. The predicted octanol–water partition coefficient (Wildman–Crippen LogP) is 3.44. The van der Waals surface area contributed by atoms with Gasteiger partial charge in [0, 0.05) is 12.0 Å². The van der Waals surface area contributed by atoms with Crippen molar-refractivity contribution in [1.82, 2.24) is 10.6 Å². The van der Waals surface area contributed by atoms with Crippen LogP contribution in [0.2, 0.25) is 0 Å². The molecular formula is C21H26N2O3. The third kappa shape index (κ3) is 6.97. The fourth-order valence-electron chi connectivity index (χ4n) is 2.42. The van der Waals surface area contributed by atoms with E-state index in [4.69, 9.17) is 4.74 Å². The molecule has 2 N–H and O–H groups in total. The van der Waals surface area contributed by atoms with Crippen molar-refractivity contribution < 1.29 is 14.3 Å². The molecule has 2 aromatic carbocycles. The van der Waals surface area contributed by atoms with Gasteiger partial charge in [-0.25, -0.2) is 4.79 Å². The average molecular weight is 354 g/mol. The summed E-state index contributed by atoms with van der Waals surface area (Å²) in [5.74, 6) is -0.238. The van der Waals surface area contributed by atoms with Crippen molar-refractivity contribution in [1.29, 1.82) is 0 Å². The number of alkyl carbamates (subject to hydrolysis) is 1. The molecule has 0 saturated heterocycles. The minimum atomic E-state index is -0.708. The summed E-state index contributed by atoms with van der Waals surface area (Å²) in [6, 6.07) is 18.3. The lowest BCUT2D eigenvalue weighted by Crippen LogP contribution is -2.53. The van der Waals surface area contributed by atoms with Crippen LogP contribution < -0.4 is 10.6 Å². The summed E-state index contributed by atoms with van der Waals surface area (Å²) >= 11 is 0. The molecule has 0 unspecified atom stereocenters. The Bertz CT molecular complexity index is 709. The molecule has 2 rings (SSSR count). The summed E-state index contributed by atoms with van der Waals surface area (Å²) in [6.45, 7) is 5.86. The second-order valence-corrected chi connectivity index (χ2v) is 7.19. The maximum absolute atomic E-state index is 12.6. The van der Waals surface area contributed by atoms with E-state index in [0.717, 1.165) is 11.1 Å². The van der Waals surface area contributed by atoms with Crippen LogP contribution in [-0.2, 0) is 22.6 Å². The predicted molar refractivity (Wildman–Crippen MR) is 102 cm³/mol. The Hall–Kier alpha value is -2.82. The molecular weight excluding hydrogens is 328 g/mol. The molecule has 0 aliphatic heterocycles. The molecule has 2 amide bonds. The highest BCUT2D eigenvalue weighted by molar-refractivity contribution is 5.86. The highest BCUT2D eigenvalue weighted by atomic mass is 16.5. The van der Waals surface area contributed by atoms with Gasteiger partial charge in [0.15, 0.2) is 0 Å². The molecule has 0 fully saturated rings. The summed E-state index contributed by atoms with van der Waals surface area (Å²) in [5, 5.41) is 5.59. The number of amides is 2. The molecule has 26 heavy (non-hydrogen) atoms. The fourth-order valence-corrected chi connectivity index (χ4v) is 2.42.